The number of hydrogen-bond donors (Lipinski definition) is 6. The highest BCUT2D eigenvalue weighted by Gasteiger charge is 2.18. The summed E-state index contributed by atoms with van der Waals surface area (Å²) in [5.41, 5.74) is 19.1. The number of nitrogens with one attached hydrogen (secondary N) is 2. The molecule has 2 heterocycles. The molecule has 41 heavy (non-hydrogen) atoms. The number of aliphatic hydroxyl groups excluding tert-OH is 1. The van der Waals surface area contributed by atoms with Gasteiger partial charge in [-0.15, -0.1) is 0 Å². The average Bonchev–Trinajstić information content (AvgIpc) is 3.34. The number of nitrogens with two attached hydrogens (primary N) is 3. The number of aliphatic imine (C=N–C) groups is 1. The number of rotatable bonds is 12. The number of aliphatic hydroxyl groups is 1. The van der Waals surface area contributed by atoms with Crippen molar-refractivity contribution in [3.05, 3.63) is 81.1 Å². The Morgan fingerprint density at radius 2 is 1.90 bits per heavy atom. The normalized spacial score (nSPS) is 13.7. The SMILES string of the molecule is C[C@H](N)CC[C@@H](O)c1cc(Cl)c(F)c(-c2cc3cn(-c4ccc([C@H](C)NCCCN=C(N)N)cc4)c(=O)nc3[nH]2)c1. The maximum atomic E-state index is 15.1. The summed E-state index contributed by atoms with van der Waals surface area (Å²) in [5, 5.41) is 14.5. The van der Waals surface area contributed by atoms with E-state index >= 15 is 4.39 Å². The Hall–Kier alpha value is -3.77. The fourth-order valence-corrected chi connectivity index (χ4v) is 4.79. The van der Waals surface area contributed by atoms with Crippen molar-refractivity contribution in [1.29, 1.82) is 0 Å². The first kappa shape index (κ1) is 30.2. The van der Waals surface area contributed by atoms with Gasteiger partial charge in [0.1, 0.15) is 5.65 Å². The molecule has 218 valence electrons. The van der Waals surface area contributed by atoms with Crippen molar-refractivity contribution in [2.24, 2.45) is 22.2 Å². The van der Waals surface area contributed by atoms with Crippen molar-refractivity contribution in [3.8, 4) is 16.9 Å². The molecule has 12 heteroatoms. The zero-order valence-corrected chi connectivity index (χ0v) is 23.8. The number of H-pyrrole nitrogens is 1. The number of guanidine groups is 1. The molecule has 4 rings (SSSR count). The van der Waals surface area contributed by atoms with Gasteiger partial charge in [0.2, 0.25) is 0 Å². The van der Waals surface area contributed by atoms with Gasteiger partial charge in [-0.05, 0) is 81.1 Å². The van der Waals surface area contributed by atoms with Gasteiger partial charge >= 0.3 is 5.69 Å². The van der Waals surface area contributed by atoms with Crippen LogP contribution in [-0.4, -0.2) is 44.7 Å². The molecular formula is C29H36ClFN8O2. The Morgan fingerprint density at radius 1 is 1.17 bits per heavy atom. The lowest BCUT2D eigenvalue weighted by atomic mass is 9.99. The second kappa shape index (κ2) is 13.3. The van der Waals surface area contributed by atoms with Crippen molar-refractivity contribution in [1.82, 2.24) is 19.9 Å². The summed E-state index contributed by atoms with van der Waals surface area (Å²) in [7, 11) is 0. The molecule has 9 N–H and O–H groups in total. The van der Waals surface area contributed by atoms with Crippen molar-refractivity contribution in [3.63, 3.8) is 0 Å². The molecule has 0 saturated heterocycles. The molecule has 0 bridgehead atoms. The minimum Gasteiger partial charge on any atom is -0.388 e. The molecular weight excluding hydrogens is 547 g/mol. The standard InChI is InChI=1S/C29H36ClFN8O2/c1-16(32)4-9-25(40)19-12-22(26(31)23(30)13-19)24-14-20-15-39(29(41)38-27(20)37-24)21-7-5-18(6-8-21)17(2)35-10-3-11-36-28(33)34/h5-8,12-17,25,35,40H,3-4,9-11,32H2,1-2H3,(H4,33,34,36)(H,37,38,41)/t16-,17-,25+/m0/s1. The molecule has 10 nitrogen and oxygen atoms in total. The molecule has 0 radical (unpaired) electrons. The van der Waals surface area contributed by atoms with Gasteiger partial charge in [-0.1, -0.05) is 23.7 Å². The molecule has 2 aromatic heterocycles. The minimum atomic E-state index is -0.846. The van der Waals surface area contributed by atoms with E-state index in [4.69, 9.17) is 28.8 Å². The van der Waals surface area contributed by atoms with E-state index in [0.29, 0.717) is 47.4 Å². The van der Waals surface area contributed by atoms with Crippen molar-refractivity contribution in [2.45, 2.75) is 51.3 Å². The van der Waals surface area contributed by atoms with Crippen LogP contribution in [0.25, 0.3) is 28.0 Å². The molecule has 4 aromatic rings. The summed E-state index contributed by atoms with van der Waals surface area (Å²) < 4.78 is 16.5. The predicted molar refractivity (Wildman–Crippen MR) is 162 cm³/mol. The second-order valence-electron chi connectivity index (χ2n) is 10.2. The lowest BCUT2D eigenvalue weighted by Crippen LogP contribution is -2.24. The molecule has 0 fully saturated rings. The molecule has 0 saturated carbocycles. The highest BCUT2D eigenvalue weighted by atomic mass is 35.5. The number of nitrogens with zero attached hydrogens (tertiary/aromatic N) is 3. The Bertz CT molecular complexity index is 1580. The maximum absolute atomic E-state index is 15.1. The smallest absolute Gasteiger partial charge is 0.354 e. The molecule has 0 aliphatic rings. The van der Waals surface area contributed by atoms with Crippen LogP contribution in [-0.2, 0) is 0 Å². The van der Waals surface area contributed by atoms with Crippen LogP contribution >= 0.6 is 11.6 Å². The van der Waals surface area contributed by atoms with Crippen LogP contribution in [0, 0.1) is 5.82 Å². The number of halogens is 2. The van der Waals surface area contributed by atoms with Gasteiger partial charge in [0, 0.05) is 35.8 Å². The summed E-state index contributed by atoms with van der Waals surface area (Å²) in [6, 6.07) is 12.3. The topological polar surface area (TPSA) is 173 Å². The number of fused-ring (bicyclic) bond motifs is 1. The Kier molecular flexibility index (Phi) is 9.77. The summed E-state index contributed by atoms with van der Waals surface area (Å²) in [6.45, 7) is 5.21. The van der Waals surface area contributed by atoms with Crippen molar-refractivity contribution in [2.75, 3.05) is 13.1 Å². The molecule has 0 aliphatic heterocycles. The van der Waals surface area contributed by atoms with Crippen LogP contribution in [0.4, 0.5) is 4.39 Å². The first-order chi connectivity index (χ1) is 19.5. The van der Waals surface area contributed by atoms with Gasteiger partial charge in [0.15, 0.2) is 11.8 Å². The van der Waals surface area contributed by atoms with Gasteiger partial charge in [-0.3, -0.25) is 9.56 Å². The lowest BCUT2D eigenvalue weighted by molar-refractivity contribution is 0.162. The average molecular weight is 583 g/mol. The van der Waals surface area contributed by atoms with Gasteiger partial charge < -0.3 is 32.6 Å². The Labute approximate surface area is 242 Å². The van der Waals surface area contributed by atoms with Crippen LogP contribution in [0.5, 0.6) is 0 Å². The van der Waals surface area contributed by atoms with E-state index in [0.717, 1.165) is 18.5 Å². The van der Waals surface area contributed by atoms with Crippen molar-refractivity contribution < 1.29 is 9.50 Å². The van der Waals surface area contributed by atoms with Crippen LogP contribution in [0.15, 0.2) is 58.4 Å². The number of hydrogen-bond acceptors (Lipinski definition) is 6. The summed E-state index contributed by atoms with van der Waals surface area (Å²) in [6.07, 6.45) is 2.63. The van der Waals surface area contributed by atoms with E-state index in [2.05, 4.69) is 27.2 Å². The van der Waals surface area contributed by atoms with E-state index < -0.39 is 17.6 Å². The second-order valence-corrected chi connectivity index (χ2v) is 10.6. The Balaban J connectivity index is 1.56. The van der Waals surface area contributed by atoms with Gasteiger partial charge in [0.25, 0.3) is 0 Å². The number of aromatic nitrogens is 3. The van der Waals surface area contributed by atoms with Gasteiger partial charge in [0.05, 0.1) is 22.5 Å². The number of benzene rings is 2. The highest BCUT2D eigenvalue weighted by Crippen LogP contribution is 2.33. The van der Waals surface area contributed by atoms with E-state index in [1.807, 2.05) is 31.2 Å². The quantitative estimate of drug-likeness (QED) is 0.0839. The van der Waals surface area contributed by atoms with Gasteiger partial charge in [-0.25, -0.2) is 9.18 Å². The third kappa shape index (κ3) is 7.50. The molecule has 0 unspecified atom stereocenters. The first-order valence-electron chi connectivity index (χ1n) is 13.5. The highest BCUT2D eigenvalue weighted by molar-refractivity contribution is 6.31. The lowest BCUT2D eigenvalue weighted by Gasteiger charge is -2.15. The van der Waals surface area contributed by atoms with E-state index in [1.54, 1.807) is 18.3 Å². The van der Waals surface area contributed by atoms with Crippen molar-refractivity contribution >= 4 is 28.6 Å². The summed E-state index contributed by atoms with van der Waals surface area (Å²) in [5.74, 6) is -0.548. The molecule has 0 spiro atoms. The zero-order valence-electron chi connectivity index (χ0n) is 23.1. The fraction of sp³-hybridized carbons (Fsp3) is 0.345. The number of aromatic amines is 1. The predicted octanol–water partition coefficient (Wildman–Crippen LogP) is 3.65. The van der Waals surface area contributed by atoms with Crippen LogP contribution < -0.4 is 28.2 Å². The van der Waals surface area contributed by atoms with E-state index in [1.165, 1.54) is 10.6 Å². The van der Waals surface area contributed by atoms with Crippen LogP contribution in [0.2, 0.25) is 5.02 Å². The zero-order chi connectivity index (χ0) is 29.7. The largest absolute Gasteiger partial charge is 0.388 e. The van der Waals surface area contributed by atoms with E-state index in [-0.39, 0.29) is 28.6 Å². The molecule has 3 atom stereocenters. The minimum absolute atomic E-state index is 0.0723. The maximum Gasteiger partial charge on any atom is 0.354 e. The molecule has 0 aliphatic carbocycles. The van der Waals surface area contributed by atoms with E-state index in [9.17, 15) is 9.90 Å². The molecule has 2 aromatic carbocycles. The van der Waals surface area contributed by atoms with Crippen LogP contribution in [0.3, 0.4) is 0 Å². The monoisotopic (exact) mass is 582 g/mol. The van der Waals surface area contributed by atoms with Crippen LogP contribution in [0.1, 0.15) is 56.4 Å². The summed E-state index contributed by atoms with van der Waals surface area (Å²) in [4.78, 5) is 24.1. The first-order valence-corrected chi connectivity index (χ1v) is 13.9. The third-order valence-electron chi connectivity index (χ3n) is 6.88. The molecule has 0 amide bonds. The third-order valence-corrected chi connectivity index (χ3v) is 7.16. The van der Waals surface area contributed by atoms with Gasteiger partial charge in [-0.2, -0.15) is 4.98 Å². The Morgan fingerprint density at radius 3 is 2.59 bits per heavy atom. The summed E-state index contributed by atoms with van der Waals surface area (Å²) >= 11 is 6.18. The fourth-order valence-electron chi connectivity index (χ4n) is 4.56.